The van der Waals surface area contributed by atoms with Gasteiger partial charge in [-0.15, -0.1) is 0 Å². The molecule has 2 aromatic rings. The number of hydrogen-bond donors (Lipinski definition) is 4. The summed E-state index contributed by atoms with van der Waals surface area (Å²) in [5, 5.41) is 9.61. The molecule has 164 valence electrons. The third kappa shape index (κ3) is 6.06. The van der Waals surface area contributed by atoms with Crippen LogP contribution in [0, 0.1) is 0 Å². The quantitative estimate of drug-likeness (QED) is 0.416. The fourth-order valence-corrected chi connectivity index (χ4v) is 3.70. The number of nitrogens with zero attached hydrogens (tertiary/aromatic N) is 1. The molecule has 5 N–H and O–H groups in total. The van der Waals surface area contributed by atoms with Crippen molar-refractivity contribution in [3.8, 4) is 5.75 Å². The molecule has 2 amide bonds. The van der Waals surface area contributed by atoms with Crippen LogP contribution in [0.15, 0.2) is 47.7 Å². The Morgan fingerprint density at radius 3 is 2.58 bits per heavy atom. The van der Waals surface area contributed by atoms with Crippen molar-refractivity contribution in [2.75, 3.05) is 37.9 Å². The highest BCUT2D eigenvalue weighted by Crippen LogP contribution is 2.32. The Bertz CT molecular complexity index is 998. The molecule has 3 rings (SSSR count). The smallest absolute Gasteiger partial charge is 0.270 e. The van der Waals surface area contributed by atoms with E-state index >= 15 is 0 Å². The van der Waals surface area contributed by atoms with Gasteiger partial charge in [0, 0.05) is 24.2 Å². The van der Waals surface area contributed by atoms with Crippen molar-refractivity contribution >= 4 is 39.0 Å². The van der Waals surface area contributed by atoms with Crippen LogP contribution in [-0.4, -0.2) is 44.1 Å². The van der Waals surface area contributed by atoms with Gasteiger partial charge >= 0.3 is 0 Å². The summed E-state index contributed by atoms with van der Waals surface area (Å²) in [7, 11) is 3.45. The first-order valence-electron chi connectivity index (χ1n) is 9.70. The van der Waals surface area contributed by atoms with Gasteiger partial charge in [0.25, 0.3) is 11.8 Å². The third-order valence-electron chi connectivity index (χ3n) is 4.47. The molecule has 0 spiro atoms. The fourth-order valence-electron chi connectivity index (χ4n) is 2.82. The average Bonchev–Trinajstić information content (AvgIpc) is 3.17. The fraction of sp³-hybridized carbons (Fsp3) is 0.286. The first-order chi connectivity index (χ1) is 15.0. The maximum absolute atomic E-state index is 12.7. The molecule has 1 aromatic carbocycles. The van der Waals surface area contributed by atoms with Gasteiger partial charge in [-0.2, -0.15) is 0 Å². The van der Waals surface area contributed by atoms with Crippen molar-refractivity contribution in [3.63, 3.8) is 0 Å². The Kier molecular flexibility index (Phi) is 7.63. The van der Waals surface area contributed by atoms with Crippen LogP contribution in [0.2, 0.25) is 0 Å². The van der Waals surface area contributed by atoms with Crippen LogP contribution < -0.4 is 26.4 Å². The van der Waals surface area contributed by atoms with Gasteiger partial charge in [0.1, 0.15) is 17.4 Å². The molecule has 9 nitrogen and oxygen atoms in total. The summed E-state index contributed by atoms with van der Waals surface area (Å²) in [4.78, 5) is 28.7. The maximum Gasteiger partial charge on any atom is 0.270 e. The molecule has 0 bridgehead atoms. The standard InChI is InChI=1S/C21H25N5O4S/c1-23-11-12-30-16-7-3-13(4-8-16)19(28)26-20-17(18(22)27)25-21(31-20)24-14-5-9-15(29-2)10-6-14/h3,5-7,9-10,23H,4,8,11-12H2,1-2H3,(H2,22,27)(H,24,25)(H,26,28). The normalized spacial score (nSPS) is 13.1. The molecule has 1 aliphatic carbocycles. The number of carbonyl (C=O) groups excluding carboxylic acids is 2. The van der Waals surface area contributed by atoms with Gasteiger partial charge in [-0.1, -0.05) is 17.4 Å². The zero-order chi connectivity index (χ0) is 22.2. The summed E-state index contributed by atoms with van der Waals surface area (Å²) in [5.41, 5.74) is 6.82. The Hall–Kier alpha value is -3.37. The van der Waals surface area contributed by atoms with E-state index in [-0.39, 0.29) is 11.6 Å². The van der Waals surface area contributed by atoms with E-state index in [0.717, 1.165) is 35.1 Å². The Morgan fingerprint density at radius 1 is 1.19 bits per heavy atom. The van der Waals surface area contributed by atoms with E-state index in [4.69, 9.17) is 15.2 Å². The van der Waals surface area contributed by atoms with E-state index in [2.05, 4.69) is 20.9 Å². The predicted molar refractivity (Wildman–Crippen MR) is 121 cm³/mol. The monoisotopic (exact) mass is 443 g/mol. The second kappa shape index (κ2) is 10.6. The zero-order valence-electron chi connectivity index (χ0n) is 17.4. The van der Waals surface area contributed by atoms with Crippen LogP contribution in [0.3, 0.4) is 0 Å². The molecular weight excluding hydrogens is 418 g/mol. The molecule has 0 aliphatic heterocycles. The number of benzene rings is 1. The largest absolute Gasteiger partial charge is 0.497 e. The number of nitrogens with two attached hydrogens (primary N) is 1. The number of hydrogen-bond acceptors (Lipinski definition) is 8. The highest BCUT2D eigenvalue weighted by Gasteiger charge is 2.21. The maximum atomic E-state index is 12.7. The molecule has 1 aliphatic rings. The number of carbonyl (C=O) groups is 2. The lowest BCUT2D eigenvalue weighted by Gasteiger charge is -2.15. The molecule has 31 heavy (non-hydrogen) atoms. The third-order valence-corrected chi connectivity index (χ3v) is 5.36. The van der Waals surface area contributed by atoms with Crippen LogP contribution in [0.4, 0.5) is 15.8 Å². The second-order valence-corrected chi connectivity index (χ2v) is 7.64. The Labute approximate surface area is 184 Å². The number of amides is 2. The zero-order valence-corrected chi connectivity index (χ0v) is 18.2. The molecule has 0 unspecified atom stereocenters. The van der Waals surface area contributed by atoms with Gasteiger partial charge in [-0.05, 0) is 43.8 Å². The highest BCUT2D eigenvalue weighted by atomic mass is 32.1. The van der Waals surface area contributed by atoms with E-state index in [9.17, 15) is 9.59 Å². The summed E-state index contributed by atoms with van der Waals surface area (Å²) in [6.45, 7) is 1.33. The number of likely N-dealkylation sites (N-methyl/N-ethyl adjacent to an activating group) is 1. The second-order valence-electron chi connectivity index (χ2n) is 6.65. The van der Waals surface area contributed by atoms with E-state index in [1.807, 2.05) is 19.2 Å². The van der Waals surface area contributed by atoms with Crippen molar-refractivity contribution in [1.82, 2.24) is 10.3 Å². The number of aromatic nitrogens is 1. The molecule has 0 radical (unpaired) electrons. The summed E-state index contributed by atoms with van der Waals surface area (Å²) in [6.07, 6.45) is 4.71. The first kappa shape index (κ1) is 22.3. The molecule has 0 saturated carbocycles. The van der Waals surface area contributed by atoms with E-state index in [0.29, 0.717) is 35.2 Å². The van der Waals surface area contributed by atoms with Gasteiger partial charge in [-0.3, -0.25) is 9.59 Å². The van der Waals surface area contributed by atoms with Gasteiger partial charge in [-0.25, -0.2) is 4.98 Å². The average molecular weight is 444 g/mol. The van der Waals surface area contributed by atoms with Crippen molar-refractivity contribution in [3.05, 3.63) is 53.4 Å². The lowest BCUT2D eigenvalue weighted by molar-refractivity contribution is -0.113. The molecule has 0 saturated heterocycles. The summed E-state index contributed by atoms with van der Waals surface area (Å²) in [5.74, 6) is 0.550. The molecule has 0 fully saturated rings. The number of allylic oxidation sites excluding steroid dienone is 3. The van der Waals surface area contributed by atoms with E-state index in [1.165, 1.54) is 0 Å². The number of nitrogens with one attached hydrogen (secondary N) is 3. The molecule has 1 heterocycles. The first-order valence-corrected chi connectivity index (χ1v) is 10.5. The van der Waals surface area contributed by atoms with Crippen LogP contribution >= 0.6 is 11.3 Å². The summed E-state index contributed by atoms with van der Waals surface area (Å²) >= 11 is 1.14. The summed E-state index contributed by atoms with van der Waals surface area (Å²) in [6, 6.07) is 7.23. The molecule has 0 atom stereocenters. The van der Waals surface area contributed by atoms with E-state index < -0.39 is 5.91 Å². The number of methoxy groups -OCH3 is 1. The van der Waals surface area contributed by atoms with Crippen LogP contribution in [0.1, 0.15) is 23.3 Å². The number of anilines is 3. The minimum Gasteiger partial charge on any atom is -0.497 e. The van der Waals surface area contributed by atoms with E-state index in [1.54, 1.807) is 31.4 Å². The Morgan fingerprint density at radius 2 is 1.97 bits per heavy atom. The number of ether oxygens (including phenoxy) is 2. The number of primary amides is 1. The highest BCUT2D eigenvalue weighted by molar-refractivity contribution is 7.20. The Balaban J connectivity index is 1.69. The molecular formula is C21H25N5O4S. The van der Waals surface area contributed by atoms with Crippen molar-refractivity contribution < 1.29 is 19.1 Å². The predicted octanol–water partition coefficient (Wildman–Crippen LogP) is 2.77. The minimum atomic E-state index is -0.716. The van der Waals surface area contributed by atoms with Gasteiger partial charge in [0.05, 0.1) is 12.9 Å². The molecule has 10 heteroatoms. The van der Waals surface area contributed by atoms with Gasteiger partial charge in [0.2, 0.25) is 0 Å². The lowest BCUT2D eigenvalue weighted by Crippen LogP contribution is -2.20. The van der Waals surface area contributed by atoms with Crippen molar-refractivity contribution in [1.29, 1.82) is 0 Å². The summed E-state index contributed by atoms with van der Waals surface area (Å²) < 4.78 is 10.8. The minimum absolute atomic E-state index is 0.0115. The number of thiazole rings is 1. The van der Waals surface area contributed by atoms with Crippen LogP contribution in [0.5, 0.6) is 5.75 Å². The van der Waals surface area contributed by atoms with Crippen molar-refractivity contribution in [2.45, 2.75) is 12.8 Å². The SMILES string of the molecule is CNCCOC1=CC=C(C(=O)Nc2sc(Nc3ccc(OC)cc3)nc2C(N)=O)CC1. The number of rotatable bonds is 10. The van der Waals surface area contributed by atoms with Crippen LogP contribution in [-0.2, 0) is 9.53 Å². The van der Waals surface area contributed by atoms with Gasteiger partial charge in [0.15, 0.2) is 10.8 Å². The topological polar surface area (TPSA) is 128 Å². The van der Waals surface area contributed by atoms with Crippen molar-refractivity contribution in [2.24, 2.45) is 5.73 Å². The van der Waals surface area contributed by atoms with Gasteiger partial charge < -0.3 is 31.2 Å². The lowest BCUT2D eigenvalue weighted by atomic mass is 10.0. The van der Waals surface area contributed by atoms with Crippen LogP contribution in [0.25, 0.3) is 0 Å². The molecule has 1 aromatic heterocycles.